The van der Waals surface area contributed by atoms with E-state index in [2.05, 4.69) is 0 Å². The van der Waals surface area contributed by atoms with Crippen LogP contribution in [0.4, 0.5) is 0 Å². The van der Waals surface area contributed by atoms with Crippen molar-refractivity contribution in [1.29, 1.82) is 0 Å². The molecular formula is C18H22NO5P. The van der Waals surface area contributed by atoms with Crippen molar-refractivity contribution in [2.45, 2.75) is 25.3 Å². The predicted octanol–water partition coefficient (Wildman–Crippen LogP) is 2.42. The topological polar surface area (TPSA) is 121 Å². The van der Waals surface area contributed by atoms with Crippen molar-refractivity contribution in [3.8, 4) is 11.1 Å². The molecule has 25 heavy (non-hydrogen) atoms. The summed E-state index contributed by atoms with van der Waals surface area (Å²) in [5.74, 6) is -1.04. The number of carboxylic acids is 1. The molecule has 2 rings (SSSR count). The van der Waals surface area contributed by atoms with E-state index in [4.69, 9.17) is 20.6 Å². The molecule has 6 nitrogen and oxygen atoms in total. The van der Waals surface area contributed by atoms with Gasteiger partial charge in [0, 0.05) is 0 Å². The molecule has 0 aliphatic heterocycles. The van der Waals surface area contributed by atoms with Gasteiger partial charge in [0.15, 0.2) is 0 Å². The highest BCUT2D eigenvalue weighted by molar-refractivity contribution is 7.51. The summed E-state index contributed by atoms with van der Waals surface area (Å²) in [5.41, 5.74) is 9.33. The number of hydrogen-bond donors (Lipinski definition) is 4. The second kappa shape index (κ2) is 8.41. The lowest BCUT2D eigenvalue weighted by molar-refractivity contribution is -0.138. The van der Waals surface area contributed by atoms with E-state index in [9.17, 15) is 9.36 Å². The first kappa shape index (κ1) is 19.3. The van der Waals surface area contributed by atoms with Crippen molar-refractivity contribution < 1.29 is 24.3 Å². The Morgan fingerprint density at radius 2 is 1.84 bits per heavy atom. The third kappa shape index (κ3) is 6.11. The normalized spacial score (nSPS) is 12.8. The fourth-order valence-corrected chi connectivity index (χ4v) is 3.27. The van der Waals surface area contributed by atoms with Gasteiger partial charge >= 0.3 is 13.6 Å². The smallest absolute Gasteiger partial charge is 0.325 e. The van der Waals surface area contributed by atoms with E-state index in [1.807, 2.05) is 48.5 Å². The number of carboxylic acid groups (broad SMARTS) is 1. The van der Waals surface area contributed by atoms with Crippen LogP contribution in [0.15, 0.2) is 48.5 Å². The summed E-state index contributed by atoms with van der Waals surface area (Å²) in [6.07, 6.45) is 1.05. The lowest BCUT2D eigenvalue weighted by Crippen LogP contribution is -2.32. The number of rotatable bonds is 8. The van der Waals surface area contributed by atoms with Gasteiger partial charge in [0.25, 0.3) is 0 Å². The zero-order valence-electron chi connectivity index (χ0n) is 13.7. The molecule has 0 saturated heterocycles. The Bertz CT molecular complexity index is 787. The van der Waals surface area contributed by atoms with Gasteiger partial charge in [-0.2, -0.15) is 0 Å². The molecule has 0 aromatic heterocycles. The van der Waals surface area contributed by atoms with Crippen molar-refractivity contribution in [1.82, 2.24) is 0 Å². The maximum absolute atomic E-state index is 11.0. The van der Waals surface area contributed by atoms with Crippen LogP contribution in [0, 0.1) is 0 Å². The summed E-state index contributed by atoms with van der Waals surface area (Å²) < 4.78 is 11.0. The summed E-state index contributed by atoms with van der Waals surface area (Å²) in [5, 5.41) is 8.95. The lowest BCUT2D eigenvalue weighted by atomic mass is 9.94. The zero-order chi connectivity index (χ0) is 18.4. The molecule has 2 aromatic carbocycles. The van der Waals surface area contributed by atoms with Gasteiger partial charge in [-0.25, -0.2) is 0 Å². The molecule has 0 spiro atoms. The van der Waals surface area contributed by atoms with Crippen molar-refractivity contribution in [3.05, 3.63) is 59.7 Å². The number of aryl methyl sites for hydroxylation is 1. The Hall–Kier alpha value is -1.98. The first-order valence-corrected chi connectivity index (χ1v) is 9.76. The summed E-state index contributed by atoms with van der Waals surface area (Å²) in [6.45, 7) is 0. The fourth-order valence-electron chi connectivity index (χ4n) is 2.70. The molecule has 0 aliphatic rings. The molecule has 2 aromatic rings. The molecule has 0 aliphatic carbocycles. The molecule has 1 atom stereocenters. The number of benzene rings is 2. The Kier molecular flexibility index (Phi) is 6.51. The van der Waals surface area contributed by atoms with E-state index in [0.29, 0.717) is 12.8 Å². The minimum atomic E-state index is -3.99. The Labute approximate surface area is 146 Å². The first-order valence-electron chi connectivity index (χ1n) is 7.96. The Morgan fingerprint density at radius 3 is 2.52 bits per heavy atom. The van der Waals surface area contributed by atoms with Crippen molar-refractivity contribution in [2.24, 2.45) is 5.73 Å². The van der Waals surface area contributed by atoms with Crippen molar-refractivity contribution in [3.63, 3.8) is 0 Å². The van der Waals surface area contributed by atoms with Crippen LogP contribution in [0.5, 0.6) is 0 Å². The molecule has 0 radical (unpaired) electrons. The van der Waals surface area contributed by atoms with Crippen LogP contribution in [0.2, 0.25) is 0 Å². The highest BCUT2D eigenvalue weighted by atomic mass is 31.2. The van der Waals surface area contributed by atoms with Crippen LogP contribution >= 0.6 is 7.60 Å². The van der Waals surface area contributed by atoms with Crippen LogP contribution < -0.4 is 5.73 Å². The second-order valence-electron chi connectivity index (χ2n) is 6.00. The standard InChI is InChI=1S/C18H22NO5P/c19-17(18(20)21)12-13-5-3-7-15(11-13)16-9-2-1-6-14(16)8-4-10-25(22,23)24/h1-3,5-7,9,11,17H,4,8,10,12,19H2,(H,20,21)(H2,22,23,24). The molecule has 0 saturated carbocycles. The van der Waals surface area contributed by atoms with Crippen LogP contribution in [0.1, 0.15) is 17.5 Å². The predicted molar refractivity (Wildman–Crippen MR) is 96.4 cm³/mol. The maximum Gasteiger partial charge on any atom is 0.325 e. The lowest BCUT2D eigenvalue weighted by Gasteiger charge is -2.12. The third-order valence-electron chi connectivity index (χ3n) is 3.92. The number of hydrogen-bond acceptors (Lipinski definition) is 3. The highest BCUT2D eigenvalue weighted by Gasteiger charge is 2.14. The van der Waals surface area contributed by atoms with Gasteiger partial charge in [-0.15, -0.1) is 0 Å². The highest BCUT2D eigenvalue weighted by Crippen LogP contribution is 2.36. The van der Waals surface area contributed by atoms with Gasteiger partial charge in [-0.3, -0.25) is 9.36 Å². The molecule has 1 unspecified atom stereocenters. The third-order valence-corrected chi connectivity index (χ3v) is 4.82. The maximum atomic E-state index is 11.0. The van der Waals surface area contributed by atoms with Gasteiger partial charge in [0.05, 0.1) is 6.16 Å². The van der Waals surface area contributed by atoms with Gasteiger partial charge < -0.3 is 20.6 Å². The van der Waals surface area contributed by atoms with Crippen LogP contribution in [0.3, 0.4) is 0 Å². The van der Waals surface area contributed by atoms with Crippen molar-refractivity contribution >= 4 is 13.6 Å². The Morgan fingerprint density at radius 1 is 1.12 bits per heavy atom. The van der Waals surface area contributed by atoms with Gasteiger partial charge in [-0.05, 0) is 41.5 Å². The zero-order valence-corrected chi connectivity index (χ0v) is 14.6. The van der Waals surface area contributed by atoms with Crippen molar-refractivity contribution in [2.75, 3.05) is 6.16 Å². The van der Waals surface area contributed by atoms with E-state index < -0.39 is 19.6 Å². The minimum absolute atomic E-state index is 0.144. The molecule has 5 N–H and O–H groups in total. The molecule has 0 amide bonds. The second-order valence-corrected chi connectivity index (χ2v) is 7.77. The van der Waals surface area contributed by atoms with Crippen LogP contribution in [-0.4, -0.2) is 33.1 Å². The largest absolute Gasteiger partial charge is 0.480 e. The SMILES string of the molecule is NC(Cc1cccc(-c2ccccc2CCCP(=O)(O)O)c1)C(=O)O. The first-order chi connectivity index (χ1) is 11.8. The molecule has 7 heteroatoms. The molecule has 0 bridgehead atoms. The quantitative estimate of drug-likeness (QED) is 0.535. The summed E-state index contributed by atoms with van der Waals surface area (Å²) >= 11 is 0. The minimum Gasteiger partial charge on any atom is -0.480 e. The summed E-state index contributed by atoms with van der Waals surface area (Å²) in [6, 6.07) is 14.2. The van der Waals surface area contributed by atoms with E-state index >= 15 is 0 Å². The summed E-state index contributed by atoms with van der Waals surface area (Å²) in [4.78, 5) is 28.9. The molecule has 0 heterocycles. The van der Waals surface area contributed by atoms with Gasteiger partial charge in [0.2, 0.25) is 0 Å². The van der Waals surface area contributed by atoms with E-state index in [1.165, 1.54) is 0 Å². The number of aliphatic carboxylic acids is 1. The van der Waals surface area contributed by atoms with E-state index in [0.717, 1.165) is 22.3 Å². The van der Waals surface area contributed by atoms with Crippen LogP contribution in [-0.2, 0) is 22.2 Å². The van der Waals surface area contributed by atoms with Gasteiger partial charge in [0.1, 0.15) is 6.04 Å². The molecule has 0 fully saturated rings. The monoisotopic (exact) mass is 363 g/mol. The van der Waals surface area contributed by atoms with Crippen LogP contribution in [0.25, 0.3) is 11.1 Å². The van der Waals surface area contributed by atoms with Gasteiger partial charge in [-0.1, -0.05) is 48.5 Å². The molecular weight excluding hydrogens is 341 g/mol. The Balaban J connectivity index is 2.21. The van der Waals surface area contributed by atoms with E-state index in [-0.39, 0.29) is 12.6 Å². The average Bonchev–Trinajstić information content (AvgIpc) is 2.54. The number of nitrogens with two attached hydrogens (primary N) is 1. The molecule has 134 valence electrons. The summed E-state index contributed by atoms with van der Waals surface area (Å²) in [7, 11) is -3.99. The van der Waals surface area contributed by atoms with E-state index in [1.54, 1.807) is 0 Å². The number of carbonyl (C=O) groups is 1. The average molecular weight is 363 g/mol. The fraction of sp³-hybridized carbons (Fsp3) is 0.278.